The first-order valence-electron chi connectivity index (χ1n) is 9.80. The highest BCUT2D eigenvalue weighted by molar-refractivity contribution is 5.87. The monoisotopic (exact) mass is 394 g/mol. The third kappa shape index (κ3) is 4.90. The van der Waals surface area contributed by atoms with Crippen LogP contribution in [0.1, 0.15) is 51.9 Å². The number of nitrogens with zero attached hydrogens (tertiary/aromatic N) is 2. The summed E-state index contributed by atoms with van der Waals surface area (Å²) >= 11 is 0. The van der Waals surface area contributed by atoms with Crippen LogP contribution in [0.15, 0.2) is 59.1 Å². The second-order valence-corrected chi connectivity index (χ2v) is 7.55. The molecule has 29 heavy (non-hydrogen) atoms. The van der Waals surface area contributed by atoms with E-state index in [-0.39, 0.29) is 11.7 Å². The predicted octanol–water partition coefficient (Wildman–Crippen LogP) is 4.48. The van der Waals surface area contributed by atoms with Crippen LogP contribution in [0.4, 0.5) is 4.39 Å². The van der Waals surface area contributed by atoms with Crippen molar-refractivity contribution < 1.29 is 18.7 Å². The second-order valence-electron chi connectivity index (χ2n) is 7.55. The first-order valence-corrected chi connectivity index (χ1v) is 9.80. The number of oxazole rings is 1. The molecular weight excluding hydrogens is 371 g/mol. The number of halogens is 1. The molecule has 1 fully saturated rings. The molecule has 0 bridgehead atoms. The fourth-order valence-corrected chi connectivity index (χ4v) is 3.85. The molecule has 5 nitrogen and oxygen atoms in total. The van der Waals surface area contributed by atoms with Crippen LogP contribution in [-0.2, 0) is 13.0 Å². The van der Waals surface area contributed by atoms with Crippen molar-refractivity contribution in [1.82, 2.24) is 9.88 Å². The minimum absolute atomic E-state index is 0.225. The molecule has 0 saturated carbocycles. The van der Waals surface area contributed by atoms with Gasteiger partial charge < -0.3 is 9.52 Å². The highest BCUT2D eigenvalue weighted by Crippen LogP contribution is 2.28. The number of likely N-dealkylation sites (tertiary alicyclic amines) is 1. The Kier molecular flexibility index (Phi) is 5.71. The zero-order valence-corrected chi connectivity index (χ0v) is 16.1. The number of aromatic carboxylic acids is 1. The van der Waals surface area contributed by atoms with Gasteiger partial charge in [-0.2, -0.15) is 0 Å². The molecule has 0 radical (unpaired) electrons. The average molecular weight is 394 g/mol. The molecule has 0 amide bonds. The fraction of sp³-hybridized carbons (Fsp3) is 0.304. The number of carbonyl (C=O) groups is 1. The Labute approximate surface area is 168 Å². The Morgan fingerprint density at radius 2 is 2.03 bits per heavy atom. The largest absolute Gasteiger partial charge is 0.478 e. The third-order valence-corrected chi connectivity index (χ3v) is 5.30. The summed E-state index contributed by atoms with van der Waals surface area (Å²) in [6.45, 7) is 2.61. The van der Waals surface area contributed by atoms with Gasteiger partial charge >= 0.3 is 5.97 Å². The summed E-state index contributed by atoms with van der Waals surface area (Å²) in [5.41, 5.74) is 2.26. The molecule has 150 valence electrons. The summed E-state index contributed by atoms with van der Waals surface area (Å²) in [5.74, 6) is 0.548. The highest BCUT2D eigenvalue weighted by atomic mass is 19.1. The van der Waals surface area contributed by atoms with Crippen LogP contribution in [-0.4, -0.2) is 34.0 Å². The first kappa shape index (κ1) is 19.3. The molecule has 2 aromatic carbocycles. The first-order chi connectivity index (χ1) is 14.1. The molecule has 0 spiro atoms. The molecule has 1 saturated heterocycles. The normalized spacial score (nSPS) is 17.3. The van der Waals surface area contributed by atoms with Crippen molar-refractivity contribution in [3.8, 4) is 0 Å². The van der Waals surface area contributed by atoms with Gasteiger partial charge in [-0.1, -0.05) is 24.3 Å². The summed E-state index contributed by atoms with van der Waals surface area (Å²) in [5, 5.41) is 9.02. The number of carboxylic acid groups (broad SMARTS) is 1. The fourth-order valence-electron chi connectivity index (χ4n) is 3.85. The van der Waals surface area contributed by atoms with E-state index in [4.69, 9.17) is 9.52 Å². The Morgan fingerprint density at radius 1 is 1.21 bits per heavy atom. The molecule has 0 aliphatic carbocycles. The lowest BCUT2D eigenvalue weighted by Gasteiger charge is -2.31. The highest BCUT2D eigenvalue weighted by Gasteiger charge is 2.25. The maximum absolute atomic E-state index is 13.4. The molecule has 1 atom stereocenters. The number of carboxylic acids is 1. The molecule has 1 aliphatic heterocycles. The Bertz CT molecular complexity index is 984. The standard InChI is InChI=1S/C23H23FN2O3/c24-20-5-1-3-17(11-20)12-21-13-25-22(29-21)19-4-2-10-26(15-19)14-16-6-8-18(9-7-16)23(27)28/h1,3,5-9,11,13,19H,2,4,10,12,14-15H2,(H,27,28)/t19-/m0/s1. The molecular formula is C23H23FN2O3. The average Bonchev–Trinajstić information content (AvgIpc) is 3.17. The maximum Gasteiger partial charge on any atom is 0.335 e. The number of hydrogen-bond donors (Lipinski definition) is 1. The van der Waals surface area contributed by atoms with Gasteiger partial charge in [0, 0.05) is 25.4 Å². The van der Waals surface area contributed by atoms with Crippen molar-refractivity contribution in [2.45, 2.75) is 31.7 Å². The van der Waals surface area contributed by atoms with Crippen molar-refractivity contribution in [2.24, 2.45) is 0 Å². The lowest BCUT2D eigenvalue weighted by molar-refractivity contribution is 0.0697. The van der Waals surface area contributed by atoms with E-state index in [0.29, 0.717) is 12.0 Å². The van der Waals surface area contributed by atoms with Gasteiger partial charge in [-0.15, -0.1) is 0 Å². The minimum atomic E-state index is -0.910. The van der Waals surface area contributed by atoms with Crippen LogP contribution in [0.2, 0.25) is 0 Å². The quantitative estimate of drug-likeness (QED) is 0.668. The molecule has 1 N–H and O–H groups in total. The van der Waals surface area contributed by atoms with E-state index in [0.717, 1.165) is 55.3 Å². The summed E-state index contributed by atoms with van der Waals surface area (Å²) < 4.78 is 19.4. The van der Waals surface area contributed by atoms with Gasteiger partial charge in [-0.25, -0.2) is 14.2 Å². The number of piperidine rings is 1. The van der Waals surface area contributed by atoms with Crippen molar-refractivity contribution in [3.63, 3.8) is 0 Å². The van der Waals surface area contributed by atoms with Crippen LogP contribution in [0.5, 0.6) is 0 Å². The van der Waals surface area contributed by atoms with E-state index < -0.39 is 5.97 Å². The number of rotatable bonds is 6. The summed E-state index contributed by atoms with van der Waals surface area (Å²) in [6.07, 6.45) is 4.34. The van der Waals surface area contributed by atoms with Crippen LogP contribution < -0.4 is 0 Å². The van der Waals surface area contributed by atoms with Gasteiger partial charge in [0.05, 0.1) is 11.8 Å². The van der Waals surface area contributed by atoms with Crippen LogP contribution in [0, 0.1) is 5.82 Å². The van der Waals surface area contributed by atoms with E-state index in [2.05, 4.69) is 9.88 Å². The smallest absolute Gasteiger partial charge is 0.335 e. The van der Waals surface area contributed by atoms with Crippen LogP contribution in [0.3, 0.4) is 0 Å². The van der Waals surface area contributed by atoms with Gasteiger partial charge in [0.1, 0.15) is 11.6 Å². The Balaban J connectivity index is 1.38. The Hall–Kier alpha value is -2.99. The van der Waals surface area contributed by atoms with E-state index in [9.17, 15) is 9.18 Å². The summed E-state index contributed by atoms with van der Waals surface area (Å²) in [4.78, 5) is 17.8. The number of aromatic nitrogens is 1. The zero-order valence-electron chi connectivity index (χ0n) is 16.1. The van der Waals surface area contributed by atoms with Gasteiger partial charge in [0.25, 0.3) is 0 Å². The number of benzene rings is 2. The van der Waals surface area contributed by atoms with Crippen molar-refractivity contribution >= 4 is 5.97 Å². The second kappa shape index (κ2) is 8.57. The Morgan fingerprint density at radius 3 is 2.79 bits per heavy atom. The van der Waals surface area contributed by atoms with Gasteiger partial charge in [-0.3, -0.25) is 4.90 Å². The maximum atomic E-state index is 13.4. The summed E-state index contributed by atoms with van der Waals surface area (Å²) in [6, 6.07) is 13.6. The molecule has 1 aromatic heterocycles. The zero-order chi connectivity index (χ0) is 20.2. The molecule has 2 heterocycles. The van der Waals surface area contributed by atoms with Gasteiger partial charge in [0.2, 0.25) is 0 Å². The van der Waals surface area contributed by atoms with Crippen molar-refractivity contribution in [2.75, 3.05) is 13.1 Å². The van der Waals surface area contributed by atoms with Gasteiger partial charge in [0.15, 0.2) is 5.89 Å². The van der Waals surface area contributed by atoms with E-state index in [1.54, 1.807) is 24.4 Å². The van der Waals surface area contributed by atoms with E-state index in [1.807, 2.05) is 18.2 Å². The minimum Gasteiger partial charge on any atom is -0.478 e. The molecule has 0 unspecified atom stereocenters. The molecule has 3 aromatic rings. The summed E-state index contributed by atoms with van der Waals surface area (Å²) in [7, 11) is 0. The SMILES string of the molecule is O=C(O)c1ccc(CN2CCC[C@H](c3ncc(Cc4cccc(F)c4)o3)C2)cc1. The van der Waals surface area contributed by atoms with Crippen LogP contribution >= 0.6 is 0 Å². The number of hydrogen-bond acceptors (Lipinski definition) is 4. The van der Waals surface area contributed by atoms with Crippen molar-refractivity contribution in [3.05, 3.63) is 88.9 Å². The lowest BCUT2D eigenvalue weighted by Crippen LogP contribution is -2.34. The topological polar surface area (TPSA) is 66.6 Å². The predicted molar refractivity (Wildman–Crippen MR) is 106 cm³/mol. The van der Waals surface area contributed by atoms with E-state index in [1.165, 1.54) is 12.1 Å². The third-order valence-electron chi connectivity index (χ3n) is 5.30. The molecule has 4 rings (SSSR count). The van der Waals surface area contributed by atoms with Gasteiger partial charge in [-0.05, 0) is 54.8 Å². The van der Waals surface area contributed by atoms with Crippen molar-refractivity contribution in [1.29, 1.82) is 0 Å². The van der Waals surface area contributed by atoms with E-state index >= 15 is 0 Å². The van der Waals surface area contributed by atoms with Crippen LogP contribution in [0.25, 0.3) is 0 Å². The lowest BCUT2D eigenvalue weighted by atomic mass is 9.97. The molecule has 1 aliphatic rings. The molecule has 6 heteroatoms.